The molecule has 0 saturated carbocycles. The van der Waals surface area contributed by atoms with Crippen molar-refractivity contribution in [2.45, 2.75) is 66.7 Å². The molecule has 0 aromatic heterocycles. The highest BCUT2D eigenvalue weighted by Crippen LogP contribution is 2.28. The van der Waals surface area contributed by atoms with Crippen molar-refractivity contribution in [2.24, 2.45) is 0 Å². The molecule has 4 nitrogen and oxygen atoms in total. The number of Topliss-reactive ketones (excluding diaryl/α,β-unsaturated/α-hetero) is 2. The fourth-order valence-corrected chi connectivity index (χ4v) is 3.05. The van der Waals surface area contributed by atoms with Crippen molar-refractivity contribution in [1.29, 1.82) is 0 Å². The molecule has 28 heavy (non-hydrogen) atoms. The van der Waals surface area contributed by atoms with Gasteiger partial charge in [-0.3, -0.25) is 9.59 Å². The SMILES string of the molecule is COC1=C(OC)C(=O)C([13CH2]/C=C(/C)CC/C=C(\C)CCC=C(C)C)=C(C)C1=O. The van der Waals surface area contributed by atoms with E-state index in [0.29, 0.717) is 17.6 Å². The van der Waals surface area contributed by atoms with Gasteiger partial charge in [-0.1, -0.05) is 34.9 Å². The standard InChI is InChI=1S/C24H34O4/c1-16(2)10-8-11-17(3)12-9-13-18(4)14-15-20-19(5)21(25)23(27-6)24(28-7)22(20)26/h10,12,14H,8-9,11,13,15H2,1-7H3/b17-12+,18-14-/i15+1. The topological polar surface area (TPSA) is 52.6 Å². The largest absolute Gasteiger partial charge is 0.489 e. The first kappa shape index (κ1) is 23.7. The molecule has 1 rings (SSSR count). The van der Waals surface area contributed by atoms with Gasteiger partial charge in [0.2, 0.25) is 23.1 Å². The Bertz CT molecular complexity index is 753. The number of hydrogen-bond donors (Lipinski definition) is 0. The van der Waals surface area contributed by atoms with E-state index in [-0.39, 0.29) is 23.1 Å². The zero-order valence-corrected chi connectivity index (χ0v) is 18.4. The van der Waals surface area contributed by atoms with Gasteiger partial charge in [0.15, 0.2) is 0 Å². The maximum atomic E-state index is 12.6. The number of hydrogen-bond acceptors (Lipinski definition) is 4. The molecule has 154 valence electrons. The maximum absolute atomic E-state index is 12.6. The van der Waals surface area contributed by atoms with E-state index in [0.717, 1.165) is 25.7 Å². The van der Waals surface area contributed by atoms with Gasteiger partial charge in [0, 0.05) is 11.1 Å². The lowest BCUT2D eigenvalue weighted by atomic mass is 9.96. The second-order valence-corrected chi connectivity index (χ2v) is 7.49. The van der Waals surface area contributed by atoms with Crippen molar-refractivity contribution < 1.29 is 19.1 Å². The van der Waals surface area contributed by atoms with Gasteiger partial charge in [-0.25, -0.2) is 0 Å². The molecule has 0 radical (unpaired) electrons. The molecule has 0 fully saturated rings. The minimum Gasteiger partial charge on any atom is -0.489 e. The van der Waals surface area contributed by atoms with Gasteiger partial charge >= 0.3 is 0 Å². The summed E-state index contributed by atoms with van der Waals surface area (Å²) in [5, 5.41) is 0. The molecule has 0 spiro atoms. The predicted octanol–water partition coefficient (Wildman–Crippen LogP) is 5.77. The number of ketones is 2. The zero-order valence-electron chi connectivity index (χ0n) is 18.4. The third-order valence-electron chi connectivity index (χ3n) is 4.87. The summed E-state index contributed by atoms with van der Waals surface area (Å²) in [6.07, 6.45) is 11.1. The van der Waals surface area contributed by atoms with E-state index in [2.05, 4.69) is 39.8 Å². The van der Waals surface area contributed by atoms with Crippen LogP contribution in [0.5, 0.6) is 0 Å². The van der Waals surface area contributed by atoms with Crippen LogP contribution in [0.25, 0.3) is 0 Å². The van der Waals surface area contributed by atoms with Crippen LogP contribution in [0.4, 0.5) is 0 Å². The molecule has 0 bridgehead atoms. The summed E-state index contributed by atoms with van der Waals surface area (Å²) in [4.78, 5) is 25.0. The van der Waals surface area contributed by atoms with Gasteiger partial charge in [-0.15, -0.1) is 0 Å². The van der Waals surface area contributed by atoms with Gasteiger partial charge < -0.3 is 9.47 Å². The Morgan fingerprint density at radius 2 is 1.29 bits per heavy atom. The van der Waals surface area contributed by atoms with Gasteiger partial charge in [-0.05, 0) is 66.7 Å². The molecular weight excluding hydrogens is 353 g/mol. The molecular formula is C24H34O4. The first-order valence-corrected chi connectivity index (χ1v) is 9.78. The van der Waals surface area contributed by atoms with Crippen molar-refractivity contribution in [1.82, 2.24) is 0 Å². The molecule has 0 aliphatic heterocycles. The fraction of sp³-hybridized carbons (Fsp3) is 0.500. The highest BCUT2D eigenvalue weighted by atomic mass is 16.5. The monoisotopic (exact) mass is 387 g/mol. The number of rotatable bonds is 10. The summed E-state index contributed by atoms with van der Waals surface area (Å²) in [5.41, 5.74) is 4.88. The van der Waals surface area contributed by atoms with Gasteiger partial charge in [-0.2, -0.15) is 0 Å². The first-order valence-electron chi connectivity index (χ1n) is 9.78. The average molecular weight is 388 g/mol. The van der Waals surface area contributed by atoms with Crippen LogP contribution in [0.2, 0.25) is 0 Å². The van der Waals surface area contributed by atoms with Crippen molar-refractivity contribution in [3.63, 3.8) is 0 Å². The third-order valence-corrected chi connectivity index (χ3v) is 4.87. The van der Waals surface area contributed by atoms with E-state index in [4.69, 9.17) is 9.47 Å². The van der Waals surface area contributed by atoms with Crippen LogP contribution >= 0.6 is 0 Å². The lowest BCUT2D eigenvalue weighted by Gasteiger charge is -2.19. The number of carbonyl (C=O) groups is 2. The van der Waals surface area contributed by atoms with Gasteiger partial charge in [0.1, 0.15) is 0 Å². The van der Waals surface area contributed by atoms with E-state index < -0.39 is 0 Å². The Balaban J connectivity index is 2.70. The Hall–Kier alpha value is -2.36. The van der Waals surface area contributed by atoms with Crippen LogP contribution in [0.1, 0.15) is 66.7 Å². The molecule has 0 unspecified atom stereocenters. The molecule has 0 amide bonds. The van der Waals surface area contributed by atoms with E-state index in [1.54, 1.807) is 6.92 Å². The molecule has 1 aliphatic carbocycles. The lowest BCUT2D eigenvalue weighted by molar-refractivity contribution is -0.121. The molecule has 0 aromatic rings. The molecule has 0 N–H and O–H groups in total. The number of ether oxygens (including phenoxy) is 2. The second kappa shape index (κ2) is 11.5. The summed E-state index contributed by atoms with van der Waals surface area (Å²) in [6.45, 7) is 10.1. The Morgan fingerprint density at radius 3 is 1.82 bits per heavy atom. The van der Waals surface area contributed by atoms with E-state index in [1.165, 1.54) is 30.9 Å². The third kappa shape index (κ3) is 6.66. The molecule has 0 aromatic carbocycles. The summed E-state index contributed by atoms with van der Waals surface area (Å²) in [6, 6.07) is 0. The van der Waals surface area contributed by atoms with E-state index >= 15 is 0 Å². The highest BCUT2D eigenvalue weighted by Gasteiger charge is 2.33. The van der Waals surface area contributed by atoms with Crippen LogP contribution < -0.4 is 0 Å². The molecule has 0 saturated heterocycles. The van der Waals surface area contributed by atoms with Crippen LogP contribution in [0.3, 0.4) is 0 Å². The zero-order chi connectivity index (χ0) is 21.3. The van der Waals surface area contributed by atoms with E-state index in [9.17, 15) is 9.59 Å². The van der Waals surface area contributed by atoms with Crippen LogP contribution in [0.15, 0.2) is 57.6 Å². The number of carbonyl (C=O) groups excluding carboxylic acids is 2. The van der Waals surface area contributed by atoms with Gasteiger partial charge in [0.25, 0.3) is 0 Å². The Kier molecular flexibility index (Phi) is 9.70. The summed E-state index contributed by atoms with van der Waals surface area (Å²) >= 11 is 0. The quantitative estimate of drug-likeness (QED) is 0.271. The first-order chi connectivity index (χ1) is 13.2. The maximum Gasteiger partial charge on any atom is 0.228 e. The Labute approximate surface area is 169 Å². The summed E-state index contributed by atoms with van der Waals surface area (Å²) < 4.78 is 10.2. The second-order valence-electron chi connectivity index (χ2n) is 7.49. The minimum atomic E-state index is -0.282. The molecule has 1 aliphatic rings. The summed E-state index contributed by atoms with van der Waals surface area (Å²) in [7, 11) is 2.75. The minimum absolute atomic E-state index is 0.00548. The van der Waals surface area contributed by atoms with E-state index in [1.807, 2.05) is 6.08 Å². The smallest absolute Gasteiger partial charge is 0.228 e. The molecule has 4 heteroatoms. The number of methoxy groups -OCH3 is 2. The Morgan fingerprint density at radius 1 is 0.786 bits per heavy atom. The van der Waals surface area contributed by atoms with Crippen LogP contribution in [0, 0.1) is 0 Å². The van der Waals surface area contributed by atoms with Crippen molar-refractivity contribution in [3.05, 3.63) is 57.6 Å². The van der Waals surface area contributed by atoms with Crippen molar-refractivity contribution >= 4 is 11.6 Å². The lowest BCUT2D eigenvalue weighted by Crippen LogP contribution is -2.24. The summed E-state index contributed by atoms with van der Waals surface area (Å²) in [5.74, 6) is -0.567. The van der Waals surface area contributed by atoms with Crippen LogP contribution in [-0.2, 0) is 19.1 Å². The fourth-order valence-electron chi connectivity index (χ4n) is 3.05. The highest BCUT2D eigenvalue weighted by molar-refractivity contribution is 6.23. The normalized spacial score (nSPS) is 16.0. The van der Waals surface area contributed by atoms with Crippen molar-refractivity contribution in [3.8, 4) is 0 Å². The number of allylic oxidation sites excluding steroid dienone is 8. The average Bonchev–Trinajstić information content (AvgIpc) is 2.64. The predicted molar refractivity (Wildman–Crippen MR) is 114 cm³/mol. The molecule has 0 heterocycles. The molecule has 0 atom stereocenters. The van der Waals surface area contributed by atoms with Crippen molar-refractivity contribution in [2.75, 3.05) is 14.2 Å². The van der Waals surface area contributed by atoms with Gasteiger partial charge in [0.05, 0.1) is 14.2 Å². The van der Waals surface area contributed by atoms with Crippen LogP contribution in [-0.4, -0.2) is 25.8 Å².